The van der Waals surface area contributed by atoms with Crippen molar-refractivity contribution in [1.82, 2.24) is 0 Å². The number of benzene rings is 2. The van der Waals surface area contributed by atoms with Gasteiger partial charge in [0.15, 0.2) is 0 Å². The average molecular weight is 376 g/mol. The van der Waals surface area contributed by atoms with Gasteiger partial charge in [0.2, 0.25) is 0 Å². The largest absolute Gasteiger partial charge is 0.508 e. The minimum absolute atomic E-state index is 0.0441. The SMILES string of the molecule is Cc1c(O)ccc2c1CCC1=C3C[C@@H](O)CC3(Cc3ccccc3)CC[C@@]12N. The van der Waals surface area contributed by atoms with Gasteiger partial charge in [0.1, 0.15) is 5.75 Å². The Labute approximate surface area is 166 Å². The fraction of sp³-hybridized carbons (Fsp3) is 0.440. The zero-order valence-corrected chi connectivity index (χ0v) is 16.5. The molecule has 0 heterocycles. The first kappa shape index (κ1) is 18.0. The molecule has 3 aliphatic carbocycles. The number of aliphatic hydroxyl groups is 1. The molecule has 0 bridgehead atoms. The molecule has 0 saturated heterocycles. The van der Waals surface area contributed by atoms with E-state index in [0.717, 1.165) is 50.5 Å². The summed E-state index contributed by atoms with van der Waals surface area (Å²) < 4.78 is 0. The molecule has 3 atom stereocenters. The van der Waals surface area contributed by atoms with Crippen molar-refractivity contribution in [3.8, 4) is 5.75 Å². The molecule has 1 fully saturated rings. The number of phenolic OH excluding ortho intramolecular Hbond substituents is 1. The molecule has 2 aromatic rings. The maximum Gasteiger partial charge on any atom is 0.118 e. The molecular formula is C25H29NO2. The van der Waals surface area contributed by atoms with Crippen molar-refractivity contribution in [2.45, 2.75) is 63.5 Å². The summed E-state index contributed by atoms with van der Waals surface area (Å²) in [5.74, 6) is 0.365. The Hall–Kier alpha value is -2.10. The minimum Gasteiger partial charge on any atom is -0.508 e. The van der Waals surface area contributed by atoms with E-state index in [1.165, 1.54) is 27.8 Å². The number of aromatic hydroxyl groups is 1. The lowest BCUT2D eigenvalue weighted by atomic mass is 9.58. The lowest BCUT2D eigenvalue weighted by Crippen LogP contribution is -2.48. The number of nitrogens with two attached hydrogens (primary N) is 1. The van der Waals surface area contributed by atoms with Crippen LogP contribution in [-0.2, 0) is 18.4 Å². The Balaban J connectivity index is 1.64. The maximum absolute atomic E-state index is 10.6. The maximum atomic E-state index is 10.6. The van der Waals surface area contributed by atoms with E-state index in [1.807, 2.05) is 13.0 Å². The second-order valence-corrected chi connectivity index (χ2v) is 9.17. The third kappa shape index (κ3) is 2.49. The highest BCUT2D eigenvalue weighted by Gasteiger charge is 2.52. The summed E-state index contributed by atoms with van der Waals surface area (Å²) in [5, 5.41) is 20.8. The van der Waals surface area contributed by atoms with Crippen molar-refractivity contribution in [2.75, 3.05) is 0 Å². The molecule has 3 aliphatic rings. The van der Waals surface area contributed by atoms with E-state index in [9.17, 15) is 10.2 Å². The average Bonchev–Trinajstić information content (AvgIpc) is 3.01. The van der Waals surface area contributed by atoms with Crippen molar-refractivity contribution in [3.63, 3.8) is 0 Å². The van der Waals surface area contributed by atoms with Crippen LogP contribution in [-0.4, -0.2) is 16.3 Å². The quantitative estimate of drug-likeness (QED) is 0.687. The smallest absolute Gasteiger partial charge is 0.118 e. The molecule has 0 aromatic heterocycles. The van der Waals surface area contributed by atoms with Gasteiger partial charge >= 0.3 is 0 Å². The van der Waals surface area contributed by atoms with E-state index in [2.05, 4.69) is 30.3 Å². The number of rotatable bonds is 2. The van der Waals surface area contributed by atoms with Crippen LogP contribution in [0.25, 0.3) is 0 Å². The van der Waals surface area contributed by atoms with Gasteiger partial charge in [-0.05, 0) is 91.2 Å². The van der Waals surface area contributed by atoms with Crippen molar-refractivity contribution < 1.29 is 10.2 Å². The molecule has 28 heavy (non-hydrogen) atoms. The van der Waals surface area contributed by atoms with Crippen LogP contribution >= 0.6 is 0 Å². The second kappa shape index (κ2) is 6.20. The molecular weight excluding hydrogens is 346 g/mol. The van der Waals surface area contributed by atoms with Crippen LogP contribution in [0.4, 0.5) is 0 Å². The van der Waals surface area contributed by atoms with E-state index >= 15 is 0 Å². The van der Waals surface area contributed by atoms with Crippen LogP contribution in [0.1, 0.15) is 54.4 Å². The summed E-state index contributed by atoms with van der Waals surface area (Å²) in [6.45, 7) is 2.00. The first-order valence-corrected chi connectivity index (χ1v) is 10.5. The van der Waals surface area contributed by atoms with Gasteiger partial charge in [0.25, 0.3) is 0 Å². The summed E-state index contributed by atoms with van der Waals surface area (Å²) in [6.07, 6.45) is 6.09. The first-order chi connectivity index (χ1) is 13.4. The van der Waals surface area contributed by atoms with Gasteiger partial charge in [-0.25, -0.2) is 0 Å². The lowest BCUT2D eigenvalue weighted by molar-refractivity contribution is 0.149. The fourth-order valence-electron chi connectivity index (χ4n) is 6.31. The topological polar surface area (TPSA) is 66.5 Å². The predicted octanol–water partition coefficient (Wildman–Crippen LogP) is 4.28. The normalized spacial score (nSPS) is 31.3. The number of hydrogen-bond acceptors (Lipinski definition) is 3. The van der Waals surface area contributed by atoms with Crippen molar-refractivity contribution >= 4 is 0 Å². The zero-order chi connectivity index (χ0) is 19.5. The van der Waals surface area contributed by atoms with Crippen LogP contribution in [0.3, 0.4) is 0 Å². The third-order valence-corrected chi connectivity index (χ3v) is 7.67. The van der Waals surface area contributed by atoms with Gasteiger partial charge in [0.05, 0.1) is 11.6 Å². The van der Waals surface area contributed by atoms with E-state index in [0.29, 0.717) is 5.75 Å². The van der Waals surface area contributed by atoms with E-state index in [4.69, 9.17) is 5.73 Å². The number of hydrogen-bond donors (Lipinski definition) is 3. The Morgan fingerprint density at radius 3 is 2.61 bits per heavy atom. The Kier molecular flexibility index (Phi) is 3.98. The first-order valence-electron chi connectivity index (χ1n) is 10.5. The molecule has 0 aliphatic heterocycles. The predicted molar refractivity (Wildman–Crippen MR) is 111 cm³/mol. The van der Waals surface area contributed by atoms with Crippen molar-refractivity contribution in [3.05, 3.63) is 75.9 Å². The van der Waals surface area contributed by atoms with Gasteiger partial charge in [-0.15, -0.1) is 0 Å². The summed E-state index contributed by atoms with van der Waals surface area (Å²) in [4.78, 5) is 0. The van der Waals surface area contributed by atoms with Gasteiger partial charge in [0, 0.05) is 0 Å². The molecule has 3 nitrogen and oxygen atoms in total. The number of phenols is 1. The summed E-state index contributed by atoms with van der Waals surface area (Å²) in [7, 11) is 0. The molecule has 2 aromatic carbocycles. The van der Waals surface area contributed by atoms with Crippen LogP contribution in [0, 0.1) is 12.3 Å². The monoisotopic (exact) mass is 375 g/mol. The Morgan fingerprint density at radius 2 is 1.82 bits per heavy atom. The molecule has 0 radical (unpaired) electrons. The molecule has 0 spiro atoms. The molecule has 1 unspecified atom stereocenters. The van der Waals surface area contributed by atoms with Crippen molar-refractivity contribution in [1.29, 1.82) is 0 Å². The number of aliphatic hydroxyl groups excluding tert-OH is 1. The molecule has 146 valence electrons. The van der Waals surface area contributed by atoms with Crippen LogP contribution in [0.5, 0.6) is 5.75 Å². The van der Waals surface area contributed by atoms with Gasteiger partial charge in [-0.3, -0.25) is 0 Å². The molecule has 0 amide bonds. The highest BCUT2D eigenvalue weighted by Crippen LogP contribution is 2.59. The summed E-state index contributed by atoms with van der Waals surface area (Å²) in [6, 6.07) is 14.5. The minimum atomic E-state index is -0.453. The van der Waals surface area contributed by atoms with Crippen LogP contribution in [0.15, 0.2) is 53.6 Å². The standard InChI is InChI=1S/C25H29NO2/c1-16-19-7-8-21-22-13-18(27)15-24(22,14-17-5-3-2-4-6-17)11-12-25(21,26)20(19)9-10-23(16)28/h2-6,9-10,18,27-28H,7-8,11-15,26H2,1H3/t18-,24?,25+/m1/s1. The second-order valence-electron chi connectivity index (χ2n) is 9.17. The zero-order valence-electron chi connectivity index (χ0n) is 16.5. The molecule has 3 heteroatoms. The Morgan fingerprint density at radius 1 is 1.04 bits per heavy atom. The van der Waals surface area contributed by atoms with Crippen LogP contribution in [0.2, 0.25) is 0 Å². The van der Waals surface area contributed by atoms with Gasteiger partial charge in [-0.1, -0.05) is 42.0 Å². The molecule has 4 N–H and O–H groups in total. The third-order valence-electron chi connectivity index (χ3n) is 7.67. The molecule has 1 saturated carbocycles. The highest BCUT2D eigenvalue weighted by molar-refractivity contribution is 5.55. The van der Waals surface area contributed by atoms with E-state index < -0.39 is 5.54 Å². The fourth-order valence-corrected chi connectivity index (χ4v) is 6.31. The number of fused-ring (bicyclic) bond motifs is 4. The Bertz CT molecular complexity index is 964. The van der Waals surface area contributed by atoms with E-state index in [-0.39, 0.29) is 11.5 Å². The van der Waals surface area contributed by atoms with E-state index in [1.54, 1.807) is 6.07 Å². The van der Waals surface area contributed by atoms with Crippen molar-refractivity contribution in [2.24, 2.45) is 11.1 Å². The lowest BCUT2D eigenvalue weighted by Gasteiger charge is -2.49. The van der Waals surface area contributed by atoms with Gasteiger partial charge in [-0.2, -0.15) is 0 Å². The van der Waals surface area contributed by atoms with Crippen LogP contribution < -0.4 is 5.73 Å². The summed E-state index contributed by atoms with van der Waals surface area (Å²) >= 11 is 0. The highest BCUT2D eigenvalue weighted by atomic mass is 16.3. The summed E-state index contributed by atoms with van der Waals surface area (Å²) in [5.41, 5.74) is 14.2. The molecule has 5 rings (SSSR count). The van der Waals surface area contributed by atoms with Gasteiger partial charge < -0.3 is 15.9 Å².